The Labute approximate surface area is 662 Å². The molecule has 0 bridgehead atoms. The van der Waals surface area contributed by atoms with E-state index in [1.807, 2.05) is 0 Å². The molecule has 1 aliphatic heterocycles. The molecule has 0 aromatic heterocycles. The van der Waals surface area contributed by atoms with Gasteiger partial charge in [0.1, 0.15) is 84.6 Å². The van der Waals surface area contributed by atoms with Crippen molar-refractivity contribution in [3.8, 4) is 0 Å². The van der Waals surface area contributed by atoms with Gasteiger partial charge in [-0.25, -0.2) is 4.79 Å². The highest BCUT2D eigenvalue weighted by atomic mass is 32.1. The van der Waals surface area contributed by atoms with Crippen LogP contribution in [0, 0.1) is 23.7 Å². The lowest BCUT2D eigenvalue weighted by Crippen LogP contribution is -2.62. The van der Waals surface area contributed by atoms with Crippen LogP contribution in [0.15, 0.2) is 30.3 Å². The van der Waals surface area contributed by atoms with Gasteiger partial charge in [0.15, 0.2) is 0 Å². The standard InChI is InChI=1S/C72H120N18O22S/c1-35(2)25-45(61(100)81-47(27-37(5)6)63(102)84-49(72(111)112)29-41-17-12-11-13-18-41)80-62(101)46(26-36(3)4)82-66(105)51(32-92)87-67(106)52(33-93)86-64(103)48(28-38(7)8)83-68(107)53(34-113)88-69(108)54-20-16-24-90(54)71(110)44(21-22-55(75)95)79-65(104)50(31-91)85-60(99)43(19-14-15-23-73)78-70(109)57(40(10)94)89-58(97)39(9)77-59(98)42(74)30-56(76)96/h11-13,17-18,35-40,42-54,57,91-94,113H,14-16,19-34,73-74H2,1-10H3,(H2,75,95)(H2,76,96)(H,77,98)(H,78,109)(H,79,104)(H,80,101)(H,81,100)(H,82,105)(H,83,107)(H,84,102)(H,85,99)(H,86,103)(H,87,106)(H,88,108)(H,89,97)(H,111,112)/t39-,40+,42-,43-,44-,45-,46-,47-,48-,49-,50-,51-,52-,53-,54-,57-/m0/s1. The first kappa shape index (κ1) is 99.4. The number of aliphatic carboxylic acids is 1. The lowest BCUT2D eigenvalue weighted by Gasteiger charge is -2.31. The van der Waals surface area contributed by atoms with Gasteiger partial charge >= 0.3 is 5.97 Å². The second kappa shape index (κ2) is 50.4. The Balaban J connectivity index is 2.30. The van der Waals surface area contributed by atoms with E-state index < -0.39 is 242 Å². The molecule has 0 aliphatic carbocycles. The van der Waals surface area contributed by atoms with Crippen molar-refractivity contribution in [2.75, 3.05) is 38.7 Å². The summed E-state index contributed by atoms with van der Waals surface area (Å²) in [4.78, 5) is 231. The molecule has 1 heterocycles. The fraction of sp³-hybridized carbons (Fsp3) is 0.681. The Kier molecular flexibility index (Phi) is 44.4. The minimum atomic E-state index is -1.87. The van der Waals surface area contributed by atoms with Crippen LogP contribution in [0.5, 0.6) is 0 Å². The second-order valence-corrected chi connectivity index (χ2v) is 30.0. The van der Waals surface area contributed by atoms with Gasteiger partial charge in [0.05, 0.1) is 38.4 Å². The average molecular weight is 1620 g/mol. The number of amides is 16. The first-order valence-corrected chi connectivity index (χ1v) is 38.3. The first-order chi connectivity index (χ1) is 53.0. The maximum Gasteiger partial charge on any atom is 0.326 e. The van der Waals surface area contributed by atoms with Crippen LogP contribution in [0.4, 0.5) is 0 Å². The normalized spacial score (nSPS) is 16.7. The van der Waals surface area contributed by atoms with Crippen molar-refractivity contribution in [3.05, 3.63) is 35.9 Å². The molecule has 41 heteroatoms. The third-order valence-corrected chi connectivity index (χ3v) is 18.2. The van der Waals surface area contributed by atoms with Crippen molar-refractivity contribution in [2.45, 2.75) is 249 Å². The Morgan fingerprint density at radius 1 is 0.460 bits per heavy atom. The molecule has 0 radical (unpaired) electrons. The molecule has 0 unspecified atom stereocenters. The van der Waals surface area contributed by atoms with E-state index in [9.17, 15) is 107 Å². The Morgan fingerprint density at radius 2 is 0.850 bits per heavy atom. The highest BCUT2D eigenvalue weighted by molar-refractivity contribution is 7.80. The minimum Gasteiger partial charge on any atom is -0.480 e. The summed E-state index contributed by atoms with van der Waals surface area (Å²) in [5.41, 5.74) is 22.5. The number of hydrogen-bond acceptors (Lipinski definition) is 24. The van der Waals surface area contributed by atoms with E-state index >= 15 is 0 Å². The number of carbonyl (C=O) groups excluding carboxylic acids is 16. The predicted octanol–water partition coefficient (Wildman–Crippen LogP) is -7.30. The van der Waals surface area contributed by atoms with Crippen LogP contribution >= 0.6 is 12.6 Å². The number of aliphatic hydroxyl groups excluding tert-OH is 4. The van der Waals surface area contributed by atoms with Crippen LogP contribution in [-0.4, -0.2) is 266 Å². The summed E-state index contributed by atoms with van der Waals surface area (Å²) in [6, 6.07) is -14.4. The maximum atomic E-state index is 14.5. The Hall–Kier alpha value is -9.68. The zero-order valence-corrected chi connectivity index (χ0v) is 66.6. The molecule has 636 valence electrons. The molecule has 1 aromatic carbocycles. The number of nitrogens with two attached hydrogens (primary N) is 4. The molecular weight excluding hydrogens is 1500 g/mol. The second-order valence-electron chi connectivity index (χ2n) is 29.7. The molecule has 40 nitrogen and oxygen atoms in total. The molecule has 26 N–H and O–H groups in total. The third kappa shape index (κ3) is 35.5. The monoisotopic (exact) mass is 1620 g/mol. The van der Waals surface area contributed by atoms with Crippen molar-refractivity contribution in [1.82, 2.24) is 74.0 Å². The number of carboxylic acids is 1. The van der Waals surface area contributed by atoms with E-state index in [2.05, 4.69) is 81.7 Å². The van der Waals surface area contributed by atoms with Crippen molar-refractivity contribution in [3.63, 3.8) is 0 Å². The number of rotatable bonds is 52. The number of nitrogens with one attached hydrogen (secondary N) is 13. The third-order valence-electron chi connectivity index (χ3n) is 17.8. The van der Waals surface area contributed by atoms with Crippen molar-refractivity contribution < 1.29 is 107 Å². The van der Waals surface area contributed by atoms with E-state index in [1.165, 1.54) is 6.92 Å². The summed E-state index contributed by atoms with van der Waals surface area (Å²) in [5, 5.41) is 83.5. The fourth-order valence-electron chi connectivity index (χ4n) is 11.8. The van der Waals surface area contributed by atoms with E-state index in [4.69, 9.17) is 22.9 Å². The van der Waals surface area contributed by atoms with Crippen molar-refractivity contribution >= 4 is 113 Å². The molecule has 16 atom stereocenters. The topological polar surface area (TPSA) is 655 Å². The average Bonchev–Trinajstić information content (AvgIpc) is 1.67. The number of unbranched alkanes of at least 4 members (excludes halogenated alkanes) is 1. The molecule has 1 fully saturated rings. The van der Waals surface area contributed by atoms with Gasteiger partial charge in [0.2, 0.25) is 94.5 Å². The van der Waals surface area contributed by atoms with Crippen LogP contribution in [0.2, 0.25) is 0 Å². The number of primary amides is 2. The SMILES string of the molecule is CC(C)C[C@H](NC(=O)[C@H](CC(C)C)NC(=O)[C@H](CC(C)C)NC(=O)[C@H](CO)NC(=O)[C@H](CO)NC(=O)[C@H](CC(C)C)NC(=O)[C@H](CS)NC(=O)[C@@H]1CCCN1C(=O)[C@H](CCC(N)=O)NC(=O)[C@H](CO)NC(=O)[C@H](CCCCN)NC(=O)[C@@H](NC(=O)[C@H](C)NC(=O)[C@@H](N)CC(N)=O)[C@@H](C)O)C(=O)N[C@@H](Cc1ccccc1)C(=O)O. The zero-order chi connectivity index (χ0) is 85.7. The summed E-state index contributed by atoms with van der Waals surface area (Å²) in [6.45, 7) is 13.0. The van der Waals surface area contributed by atoms with Crippen LogP contribution in [0.25, 0.3) is 0 Å². The van der Waals surface area contributed by atoms with Gasteiger partial charge in [0, 0.05) is 25.1 Å². The molecule has 1 aliphatic rings. The summed E-state index contributed by atoms with van der Waals surface area (Å²) >= 11 is 4.26. The molecule has 1 aromatic rings. The van der Waals surface area contributed by atoms with E-state index in [0.29, 0.717) is 12.0 Å². The lowest BCUT2D eigenvalue weighted by molar-refractivity contribution is -0.143. The number of carboxylic acid groups (broad SMARTS) is 1. The van der Waals surface area contributed by atoms with E-state index in [-0.39, 0.29) is 94.5 Å². The van der Waals surface area contributed by atoms with Gasteiger partial charge in [-0.05, 0) is 114 Å². The van der Waals surface area contributed by atoms with Gasteiger partial charge < -0.3 is 122 Å². The zero-order valence-electron chi connectivity index (χ0n) is 65.7. The molecule has 113 heavy (non-hydrogen) atoms. The fourth-order valence-corrected chi connectivity index (χ4v) is 12.1. The van der Waals surface area contributed by atoms with Crippen LogP contribution in [0.1, 0.15) is 152 Å². The predicted molar refractivity (Wildman–Crippen MR) is 411 cm³/mol. The number of likely N-dealkylation sites (tertiary alicyclic amines) is 1. The van der Waals surface area contributed by atoms with Gasteiger partial charge in [0.25, 0.3) is 0 Å². The lowest BCUT2D eigenvalue weighted by atomic mass is 9.98. The highest BCUT2D eigenvalue weighted by Crippen LogP contribution is 2.21. The van der Waals surface area contributed by atoms with Gasteiger partial charge in [-0.3, -0.25) is 76.7 Å². The number of aliphatic hydroxyl groups is 4. The van der Waals surface area contributed by atoms with Gasteiger partial charge in [-0.2, -0.15) is 12.6 Å². The Bertz CT molecular complexity index is 3390. The summed E-state index contributed by atoms with van der Waals surface area (Å²) < 4.78 is 0. The molecule has 1 saturated heterocycles. The highest BCUT2D eigenvalue weighted by Gasteiger charge is 2.42. The maximum absolute atomic E-state index is 14.5. The number of benzene rings is 1. The minimum absolute atomic E-state index is 0.0150. The van der Waals surface area contributed by atoms with Crippen LogP contribution in [-0.2, 0) is 87.9 Å². The molecule has 0 saturated carbocycles. The summed E-state index contributed by atoms with van der Waals surface area (Å²) in [7, 11) is 0. The summed E-state index contributed by atoms with van der Waals surface area (Å²) in [6.07, 6.45) is -2.74. The summed E-state index contributed by atoms with van der Waals surface area (Å²) in [5.74, 6) is -18.6. The number of carbonyl (C=O) groups is 17. The molecular formula is C72H120N18O22S. The quantitative estimate of drug-likeness (QED) is 0.0213. The number of hydrogen-bond donors (Lipinski definition) is 23. The van der Waals surface area contributed by atoms with E-state index in [1.54, 1.807) is 85.7 Å². The first-order valence-electron chi connectivity index (χ1n) is 37.7. The molecule has 2 rings (SSSR count). The van der Waals surface area contributed by atoms with Crippen molar-refractivity contribution in [1.29, 1.82) is 0 Å². The van der Waals surface area contributed by atoms with Gasteiger partial charge in [-0.15, -0.1) is 0 Å². The smallest absolute Gasteiger partial charge is 0.326 e. The van der Waals surface area contributed by atoms with E-state index in [0.717, 1.165) is 11.8 Å². The van der Waals surface area contributed by atoms with Crippen molar-refractivity contribution in [2.24, 2.45) is 46.6 Å². The van der Waals surface area contributed by atoms with Crippen LogP contribution in [0.3, 0.4) is 0 Å². The number of nitrogens with zero attached hydrogens (tertiary/aromatic N) is 1. The van der Waals surface area contributed by atoms with Crippen LogP contribution < -0.4 is 92.1 Å². The molecule has 0 spiro atoms. The molecule has 16 amide bonds. The Morgan fingerprint density at radius 3 is 1.23 bits per heavy atom. The number of thiol groups is 1. The van der Waals surface area contributed by atoms with Gasteiger partial charge in [-0.1, -0.05) is 85.7 Å². The largest absolute Gasteiger partial charge is 0.480 e.